The predicted octanol–water partition coefficient (Wildman–Crippen LogP) is 4.76. The van der Waals surface area contributed by atoms with Crippen molar-refractivity contribution in [3.63, 3.8) is 0 Å². The normalized spacial score (nSPS) is 22.8. The Morgan fingerprint density at radius 1 is 1.20 bits per heavy atom. The number of carbonyl (C=O) groups is 1. The Balaban J connectivity index is 1.56. The van der Waals surface area contributed by atoms with Crippen LogP contribution in [-0.2, 0) is 0 Å². The van der Waals surface area contributed by atoms with Crippen LogP contribution < -0.4 is 15.7 Å². The number of rotatable bonds is 6. The van der Waals surface area contributed by atoms with Gasteiger partial charge in [-0.15, -0.1) is 0 Å². The van der Waals surface area contributed by atoms with Crippen molar-refractivity contribution in [2.45, 2.75) is 50.8 Å². The minimum absolute atomic E-state index is 0.00889. The van der Waals surface area contributed by atoms with E-state index in [9.17, 15) is 27.5 Å². The number of hydrogen-bond donors (Lipinski definition) is 3. The summed E-state index contributed by atoms with van der Waals surface area (Å²) in [6.07, 6.45) is 3.12. The first-order valence-corrected chi connectivity index (χ1v) is 13.3. The maximum atomic E-state index is 13.5. The van der Waals surface area contributed by atoms with Crippen molar-refractivity contribution in [1.82, 2.24) is 14.5 Å². The summed E-state index contributed by atoms with van der Waals surface area (Å²) < 4.78 is 53.1. The number of benzene rings is 2. The molecule has 1 amide bonds. The highest BCUT2D eigenvalue weighted by Crippen LogP contribution is 2.50. The van der Waals surface area contributed by atoms with Crippen LogP contribution in [0.25, 0.3) is 16.7 Å². The predicted molar refractivity (Wildman–Crippen MR) is 130 cm³/mol. The van der Waals surface area contributed by atoms with Crippen LogP contribution in [0.4, 0.5) is 8.78 Å². The fourth-order valence-corrected chi connectivity index (χ4v) is 7.05. The minimum Gasteiger partial charge on any atom is -0.435 e. The molecule has 2 aliphatic rings. The van der Waals surface area contributed by atoms with Crippen molar-refractivity contribution in [2.75, 3.05) is 11.5 Å². The number of amides is 1. The number of nitrogens with one attached hydrogen (secondary N) is 1. The van der Waals surface area contributed by atoms with E-state index in [0.29, 0.717) is 28.7 Å². The van der Waals surface area contributed by atoms with Gasteiger partial charge in [-0.05, 0) is 62.9 Å². The van der Waals surface area contributed by atoms with Gasteiger partial charge < -0.3 is 10.1 Å². The molecule has 2 fully saturated rings. The van der Waals surface area contributed by atoms with E-state index in [1.54, 1.807) is 41.8 Å². The monoisotopic (exact) mass is 507 g/mol. The summed E-state index contributed by atoms with van der Waals surface area (Å²) in [5.74, 6) is -0.0602. The van der Waals surface area contributed by atoms with Crippen LogP contribution in [0.1, 0.15) is 49.0 Å². The second-order valence-electron chi connectivity index (χ2n) is 9.57. The Hall–Kier alpha value is -2.89. The SMILES string of the molecule is CC1(NC(=O)c2ccc3c(c2)n(C2CCC2)c(=O)n3-c2cccc(OC(F)F)c2)CCS(O)(O)C1. The zero-order chi connectivity index (χ0) is 25.0. The van der Waals surface area contributed by atoms with Crippen molar-refractivity contribution in [3.8, 4) is 11.4 Å². The topological polar surface area (TPSA) is 106 Å². The summed E-state index contributed by atoms with van der Waals surface area (Å²) in [4.78, 5) is 26.6. The molecule has 0 radical (unpaired) electrons. The van der Waals surface area contributed by atoms with Gasteiger partial charge in [-0.3, -0.25) is 23.0 Å². The van der Waals surface area contributed by atoms with E-state index >= 15 is 0 Å². The molecule has 3 N–H and O–H groups in total. The van der Waals surface area contributed by atoms with Gasteiger partial charge in [0.2, 0.25) is 0 Å². The number of aromatic nitrogens is 2. The molecule has 3 aromatic rings. The molecule has 2 heterocycles. The van der Waals surface area contributed by atoms with E-state index in [2.05, 4.69) is 10.1 Å². The number of halogens is 2. The molecule has 5 rings (SSSR count). The molecule has 1 aliphatic heterocycles. The van der Waals surface area contributed by atoms with E-state index in [0.717, 1.165) is 19.3 Å². The van der Waals surface area contributed by atoms with Crippen molar-refractivity contribution >= 4 is 27.5 Å². The summed E-state index contributed by atoms with van der Waals surface area (Å²) in [5, 5.41) is 2.93. The number of imidazole rings is 1. The lowest BCUT2D eigenvalue weighted by atomic mass is 9.93. The standard InChI is InChI=1S/C24H27F2N3O5S/c1-24(10-11-35(32,33)14-24)27-21(30)15-8-9-19-20(12-15)28(16-4-2-5-16)23(31)29(19)17-6-3-7-18(13-17)34-22(25)26/h3,6-9,12-13,16,22,32-33H,2,4-5,10-11,14H2,1H3,(H,27,30). The van der Waals surface area contributed by atoms with Crippen molar-refractivity contribution in [1.29, 1.82) is 0 Å². The smallest absolute Gasteiger partial charge is 0.387 e. The minimum atomic E-state index is -2.98. The van der Waals surface area contributed by atoms with Crippen LogP contribution in [0.2, 0.25) is 0 Å². The molecule has 35 heavy (non-hydrogen) atoms. The molecule has 1 unspecified atom stereocenters. The van der Waals surface area contributed by atoms with E-state index in [1.165, 1.54) is 16.7 Å². The molecule has 11 heteroatoms. The zero-order valence-electron chi connectivity index (χ0n) is 19.1. The van der Waals surface area contributed by atoms with Gasteiger partial charge in [0.25, 0.3) is 5.91 Å². The lowest BCUT2D eigenvalue weighted by Crippen LogP contribution is -2.46. The maximum absolute atomic E-state index is 13.5. The molecule has 2 aromatic carbocycles. The lowest BCUT2D eigenvalue weighted by Gasteiger charge is -2.30. The molecule has 1 aromatic heterocycles. The Labute approximate surface area is 201 Å². The summed E-state index contributed by atoms with van der Waals surface area (Å²) in [6.45, 7) is -1.19. The first-order chi connectivity index (χ1) is 16.6. The Morgan fingerprint density at radius 3 is 2.60 bits per heavy atom. The first kappa shape index (κ1) is 23.8. The Bertz CT molecular complexity index is 1350. The maximum Gasteiger partial charge on any atom is 0.387 e. The molecular weight excluding hydrogens is 480 g/mol. The van der Waals surface area contributed by atoms with Crippen LogP contribution in [0.15, 0.2) is 47.3 Å². The van der Waals surface area contributed by atoms with Gasteiger partial charge in [-0.1, -0.05) is 6.07 Å². The van der Waals surface area contributed by atoms with Gasteiger partial charge in [0, 0.05) is 23.4 Å². The average molecular weight is 508 g/mol. The molecule has 0 bridgehead atoms. The number of hydrogen-bond acceptors (Lipinski definition) is 5. The van der Waals surface area contributed by atoms with Crippen molar-refractivity contribution in [3.05, 3.63) is 58.5 Å². The zero-order valence-corrected chi connectivity index (χ0v) is 19.9. The van der Waals surface area contributed by atoms with E-state index in [-0.39, 0.29) is 34.9 Å². The quantitative estimate of drug-likeness (QED) is 0.446. The molecule has 1 saturated heterocycles. The third-order valence-corrected chi connectivity index (χ3v) is 8.78. The molecular formula is C24H27F2N3O5S. The number of alkyl halides is 2. The van der Waals surface area contributed by atoms with E-state index < -0.39 is 22.7 Å². The van der Waals surface area contributed by atoms with Crippen LogP contribution in [0.3, 0.4) is 0 Å². The van der Waals surface area contributed by atoms with Gasteiger partial charge in [-0.2, -0.15) is 19.4 Å². The lowest BCUT2D eigenvalue weighted by molar-refractivity contribution is -0.0498. The average Bonchev–Trinajstić information content (AvgIpc) is 3.18. The van der Waals surface area contributed by atoms with Crippen LogP contribution in [0.5, 0.6) is 5.75 Å². The summed E-state index contributed by atoms with van der Waals surface area (Å²) in [6, 6.07) is 10.9. The summed E-state index contributed by atoms with van der Waals surface area (Å²) in [5.41, 5.74) is 0.824. The highest BCUT2D eigenvalue weighted by atomic mass is 32.3. The number of nitrogens with zero attached hydrogens (tertiary/aromatic N) is 2. The molecule has 8 nitrogen and oxygen atoms in total. The Morgan fingerprint density at radius 2 is 1.97 bits per heavy atom. The first-order valence-electron chi connectivity index (χ1n) is 11.4. The van der Waals surface area contributed by atoms with Gasteiger partial charge in [-0.25, -0.2) is 4.79 Å². The fourth-order valence-electron chi connectivity index (χ4n) is 4.89. The summed E-state index contributed by atoms with van der Waals surface area (Å²) in [7, 11) is -2.69. The molecule has 1 saturated carbocycles. The van der Waals surface area contributed by atoms with Crippen LogP contribution in [0, 0.1) is 0 Å². The number of carbonyl (C=O) groups excluding carboxylic acids is 1. The highest BCUT2D eigenvalue weighted by molar-refractivity contribution is 8.24. The molecule has 0 spiro atoms. The van der Waals surface area contributed by atoms with Gasteiger partial charge in [0.1, 0.15) is 5.75 Å². The third-order valence-electron chi connectivity index (χ3n) is 6.82. The van der Waals surface area contributed by atoms with Crippen LogP contribution in [-0.4, -0.2) is 47.8 Å². The second kappa shape index (κ2) is 8.65. The van der Waals surface area contributed by atoms with Crippen LogP contribution >= 0.6 is 10.6 Å². The van der Waals surface area contributed by atoms with Gasteiger partial charge >= 0.3 is 12.3 Å². The number of fused-ring (bicyclic) bond motifs is 1. The van der Waals surface area contributed by atoms with Crippen molar-refractivity contribution in [2.24, 2.45) is 0 Å². The molecule has 188 valence electrons. The van der Waals surface area contributed by atoms with E-state index in [4.69, 9.17) is 0 Å². The second-order valence-corrected chi connectivity index (χ2v) is 11.9. The molecule has 1 atom stereocenters. The van der Waals surface area contributed by atoms with Gasteiger partial charge in [0.05, 0.1) is 28.0 Å². The third kappa shape index (κ3) is 4.55. The van der Waals surface area contributed by atoms with E-state index in [1.807, 2.05) is 0 Å². The molecule has 1 aliphatic carbocycles. The highest BCUT2D eigenvalue weighted by Gasteiger charge is 2.39. The van der Waals surface area contributed by atoms with Gasteiger partial charge in [0.15, 0.2) is 0 Å². The Kier molecular flexibility index (Phi) is 5.89. The summed E-state index contributed by atoms with van der Waals surface area (Å²) >= 11 is 0. The van der Waals surface area contributed by atoms with Crippen molar-refractivity contribution < 1.29 is 27.4 Å². The fraction of sp³-hybridized carbons (Fsp3) is 0.417. The largest absolute Gasteiger partial charge is 0.435 e. The number of ether oxygens (including phenoxy) is 1.